The number of carbonyl (C=O) groups excluding carboxylic acids is 2. The van der Waals surface area contributed by atoms with E-state index in [1.54, 1.807) is 74.7 Å². The van der Waals surface area contributed by atoms with Crippen LogP contribution in [0.4, 0.5) is 10.5 Å². The van der Waals surface area contributed by atoms with Gasteiger partial charge in [-0.2, -0.15) is 0 Å². The maximum Gasteiger partial charge on any atom is 0.411 e. The number of rotatable bonds is 8. The Kier molecular flexibility index (Phi) is 14.4. The van der Waals surface area contributed by atoms with Crippen LogP contribution >= 0.6 is 23.2 Å². The van der Waals surface area contributed by atoms with Crippen molar-refractivity contribution in [2.24, 2.45) is 0 Å². The molecule has 0 spiro atoms. The number of hydrogen-bond donors (Lipinski definition) is 2. The highest BCUT2D eigenvalue weighted by molar-refractivity contribution is 6.34. The van der Waals surface area contributed by atoms with Gasteiger partial charge in [0.1, 0.15) is 0 Å². The number of benzene rings is 2. The molecule has 0 aliphatic carbocycles. The summed E-state index contributed by atoms with van der Waals surface area (Å²) in [4.78, 5) is 44.2. The third kappa shape index (κ3) is 11.7. The molecule has 0 saturated carbocycles. The predicted octanol–water partition coefficient (Wildman–Crippen LogP) is 11.2. The Morgan fingerprint density at radius 2 is 1.39 bits per heavy atom. The zero-order chi connectivity index (χ0) is 45.6. The minimum atomic E-state index is -0.844. The van der Waals surface area contributed by atoms with Crippen LogP contribution in [0.5, 0.6) is 0 Å². The second-order valence-corrected chi connectivity index (χ2v) is 18.3. The Labute approximate surface area is 384 Å². The summed E-state index contributed by atoms with van der Waals surface area (Å²) in [6.45, 7) is 13.9. The van der Waals surface area contributed by atoms with E-state index in [1.807, 2.05) is 48.8 Å². The van der Waals surface area contributed by atoms with Gasteiger partial charge in [0.25, 0.3) is 5.91 Å². The lowest BCUT2D eigenvalue weighted by molar-refractivity contribution is -0.0472. The van der Waals surface area contributed by atoms with Crippen LogP contribution in [-0.4, -0.2) is 80.0 Å². The Hall–Kier alpha value is -5.76. The zero-order valence-electron chi connectivity index (χ0n) is 36.8. The topological polar surface area (TPSA) is 149 Å². The van der Waals surface area contributed by atoms with E-state index in [1.165, 1.54) is 0 Å². The van der Waals surface area contributed by atoms with E-state index in [0.29, 0.717) is 54.0 Å². The normalized spacial score (nSPS) is 16.6. The van der Waals surface area contributed by atoms with Crippen LogP contribution in [0.15, 0.2) is 110 Å². The van der Waals surface area contributed by atoms with Crippen LogP contribution in [0.2, 0.25) is 10.0 Å². The SMILES string of the molecule is CC(C)OC(=O)Nc1ccc(-c2cncc(-c3ccnc(C4OCCO4)c3)c2)c(Cl)c1.CC1(O)CCCN(C(=O)c2ccc(-c3cncc(-c4ccnc(C(C)(C)C)c4)c3)c(Cl)c2)C1. The molecule has 2 aliphatic rings. The van der Waals surface area contributed by atoms with Crippen LogP contribution in [-0.2, 0) is 19.6 Å². The number of anilines is 1. The van der Waals surface area contributed by atoms with Crippen molar-refractivity contribution in [1.82, 2.24) is 24.8 Å². The molecule has 2 amide bonds. The molecule has 14 heteroatoms. The van der Waals surface area contributed by atoms with Crippen molar-refractivity contribution in [2.45, 2.75) is 77.8 Å². The molecule has 12 nitrogen and oxygen atoms in total. The van der Waals surface area contributed by atoms with Crippen LogP contribution in [0.1, 0.15) is 82.4 Å². The minimum absolute atomic E-state index is 0.0471. The van der Waals surface area contributed by atoms with Gasteiger partial charge in [0.05, 0.1) is 35.6 Å². The molecule has 64 heavy (non-hydrogen) atoms. The maximum absolute atomic E-state index is 13.0. The van der Waals surface area contributed by atoms with Crippen molar-refractivity contribution in [3.05, 3.63) is 137 Å². The molecular weight excluding hydrogens is 851 g/mol. The zero-order valence-corrected chi connectivity index (χ0v) is 38.3. The molecule has 6 aromatic rings. The molecule has 8 rings (SSSR count). The number of nitrogens with one attached hydrogen (secondary N) is 1. The molecule has 0 radical (unpaired) electrons. The van der Waals surface area contributed by atoms with E-state index < -0.39 is 18.0 Å². The van der Waals surface area contributed by atoms with Gasteiger partial charge in [-0.25, -0.2) is 4.79 Å². The quantitative estimate of drug-likeness (QED) is 0.151. The molecule has 2 saturated heterocycles. The smallest absolute Gasteiger partial charge is 0.411 e. The van der Waals surface area contributed by atoms with Gasteiger partial charge in [0.2, 0.25) is 6.29 Å². The number of carbonyl (C=O) groups is 2. The highest BCUT2D eigenvalue weighted by Crippen LogP contribution is 2.35. The number of pyridine rings is 4. The van der Waals surface area contributed by atoms with Gasteiger partial charge in [-0.15, -0.1) is 0 Å². The third-order valence-corrected chi connectivity index (χ3v) is 11.3. The number of ether oxygens (including phenoxy) is 3. The van der Waals surface area contributed by atoms with Gasteiger partial charge in [-0.05, 0) is 105 Å². The van der Waals surface area contributed by atoms with E-state index in [4.69, 9.17) is 37.4 Å². The van der Waals surface area contributed by atoms with Crippen molar-refractivity contribution in [3.63, 3.8) is 0 Å². The summed E-state index contributed by atoms with van der Waals surface area (Å²) in [5.74, 6) is -0.109. The average molecular weight is 904 g/mol. The Morgan fingerprint density at radius 3 is 1.98 bits per heavy atom. The monoisotopic (exact) mass is 902 g/mol. The number of β-amino-alcohol motifs (C(OH)–C–C–N with tert-alkyl or cyclic N) is 1. The first-order valence-electron chi connectivity index (χ1n) is 21.2. The number of aromatic nitrogens is 4. The lowest BCUT2D eigenvalue weighted by Gasteiger charge is -2.36. The molecular formula is C50H52Cl2N6O6. The number of halogens is 2. The number of piperidine rings is 1. The van der Waals surface area contributed by atoms with Crippen LogP contribution in [0, 0.1) is 0 Å². The fourth-order valence-electron chi connectivity index (χ4n) is 7.44. The summed E-state index contributed by atoms with van der Waals surface area (Å²) in [5.41, 5.74) is 9.17. The summed E-state index contributed by atoms with van der Waals surface area (Å²) in [6, 6.07) is 22.6. The van der Waals surface area contributed by atoms with Gasteiger partial charge in [0.15, 0.2) is 0 Å². The van der Waals surface area contributed by atoms with Crippen molar-refractivity contribution in [2.75, 3.05) is 31.6 Å². The first-order valence-corrected chi connectivity index (χ1v) is 21.9. The molecule has 6 heterocycles. The van der Waals surface area contributed by atoms with Crippen LogP contribution in [0.25, 0.3) is 44.5 Å². The maximum atomic E-state index is 13.0. The third-order valence-electron chi connectivity index (χ3n) is 10.7. The van der Waals surface area contributed by atoms with Crippen molar-refractivity contribution >= 4 is 40.9 Å². The second-order valence-electron chi connectivity index (χ2n) is 17.4. The fraction of sp³-hybridized carbons (Fsp3) is 0.320. The molecule has 2 aromatic carbocycles. The highest BCUT2D eigenvalue weighted by Gasteiger charge is 2.31. The van der Waals surface area contributed by atoms with Gasteiger partial charge >= 0.3 is 6.09 Å². The Balaban J connectivity index is 0.000000192. The van der Waals surface area contributed by atoms with Crippen molar-refractivity contribution in [3.8, 4) is 44.5 Å². The van der Waals surface area contributed by atoms with Gasteiger partial charge in [-0.3, -0.25) is 30.0 Å². The molecule has 1 atom stereocenters. The number of nitrogens with zero attached hydrogens (tertiary/aromatic N) is 5. The van der Waals surface area contributed by atoms with E-state index in [-0.39, 0.29) is 17.4 Å². The van der Waals surface area contributed by atoms with E-state index in [9.17, 15) is 14.7 Å². The number of aliphatic hydroxyl groups is 1. The number of amides is 2. The largest absolute Gasteiger partial charge is 0.447 e. The van der Waals surface area contributed by atoms with Gasteiger partial charge in [-0.1, -0.05) is 56.1 Å². The summed E-state index contributed by atoms with van der Waals surface area (Å²) < 4.78 is 16.2. The van der Waals surface area contributed by atoms with Gasteiger partial charge < -0.3 is 24.2 Å². The minimum Gasteiger partial charge on any atom is -0.447 e. The molecule has 2 fully saturated rings. The van der Waals surface area contributed by atoms with Crippen molar-refractivity contribution < 1.29 is 28.9 Å². The summed E-state index contributed by atoms with van der Waals surface area (Å²) >= 11 is 13.1. The lowest BCUT2D eigenvalue weighted by Crippen LogP contribution is -2.48. The summed E-state index contributed by atoms with van der Waals surface area (Å²) in [5, 5.41) is 14.0. The standard InChI is InChI=1S/C27H30ClN3O2.C23H22ClN3O4/c1-26(2,3)24-14-18(8-10-30-24)20-12-21(16-29-15-20)22-7-6-19(13-23(22)28)25(32)31-11-5-9-27(4,33)17-31;1-14(2)31-23(28)27-18-3-4-19(20(24)11-18)17-9-16(12-25-13-17)15-5-6-26-21(10-15)22-29-7-8-30-22/h6-8,10,12-16,33H,5,9,11,17H2,1-4H3;3-6,9-14,22H,7-8H2,1-2H3,(H,27,28). The van der Waals surface area contributed by atoms with Crippen molar-refractivity contribution in [1.29, 1.82) is 0 Å². The molecule has 2 N–H and O–H groups in total. The molecule has 4 aromatic heterocycles. The first kappa shape index (κ1) is 46.2. The summed E-state index contributed by atoms with van der Waals surface area (Å²) in [7, 11) is 0. The number of hydrogen-bond acceptors (Lipinski definition) is 10. The highest BCUT2D eigenvalue weighted by atomic mass is 35.5. The van der Waals surface area contributed by atoms with Crippen LogP contribution in [0.3, 0.4) is 0 Å². The second kappa shape index (κ2) is 20.0. The average Bonchev–Trinajstić information content (AvgIpc) is 3.81. The summed E-state index contributed by atoms with van der Waals surface area (Å²) in [6.07, 6.45) is 11.0. The Bertz CT molecular complexity index is 2630. The molecule has 2 aliphatic heterocycles. The first-order chi connectivity index (χ1) is 30.5. The fourth-order valence-corrected chi connectivity index (χ4v) is 8.02. The lowest BCUT2D eigenvalue weighted by atomic mass is 9.90. The predicted molar refractivity (Wildman–Crippen MR) is 250 cm³/mol. The van der Waals surface area contributed by atoms with E-state index in [0.717, 1.165) is 62.3 Å². The van der Waals surface area contributed by atoms with E-state index in [2.05, 4.69) is 58.2 Å². The van der Waals surface area contributed by atoms with E-state index >= 15 is 0 Å². The molecule has 1 unspecified atom stereocenters. The van der Waals surface area contributed by atoms with Gasteiger partial charge in [0, 0.05) is 111 Å². The van der Waals surface area contributed by atoms with Crippen LogP contribution < -0.4 is 5.32 Å². The number of likely N-dealkylation sites (tertiary alicyclic amines) is 1. The molecule has 332 valence electrons. The molecule has 0 bridgehead atoms. The Morgan fingerprint density at radius 1 is 0.797 bits per heavy atom.